The highest BCUT2D eigenvalue weighted by atomic mass is 79.9. The highest BCUT2D eigenvalue weighted by Crippen LogP contribution is 2.08. The van der Waals surface area contributed by atoms with Crippen LogP contribution in [0.25, 0.3) is 0 Å². The zero-order valence-electron chi connectivity index (χ0n) is 6.59. The van der Waals surface area contributed by atoms with Gasteiger partial charge in [0.05, 0.1) is 0 Å². The lowest BCUT2D eigenvalue weighted by Gasteiger charge is -2.14. The van der Waals surface area contributed by atoms with Gasteiger partial charge < -0.3 is 9.64 Å². The molecule has 1 fully saturated rings. The van der Waals surface area contributed by atoms with Crippen molar-refractivity contribution in [1.82, 2.24) is 4.90 Å². The third-order valence-corrected chi connectivity index (χ3v) is 2.12. The molecule has 0 bridgehead atoms. The quantitative estimate of drug-likeness (QED) is 0.529. The standard InChI is InChI=1S/C7H10BrNO3/c8-4-7(11)12-5-9-3-1-2-6(9)10/h1-5H2. The fraction of sp³-hybridized carbons (Fsp3) is 0.714. The molecule has 0 aliphatic carbocycles. The molecule has 0 aromatic carbocycles. The average Bonchev–Trinajstić information content (AvgIpc) is 2.47. The van der Waals surface area contributed by atoms with E-state index < -0.39 is 0 Å². The second kappa shape index (κ2) is 4.45. The molecule has 0 saturated carbocycles. The van der Waals surface area contributed by atoms with E-state index in [2.05, 4.69) is 15.9 Å². The lowest BCUT2D eigenvalue weighted by atomic mass is 10.4. The Kier molecular flexibility index (Phi) is 3.52. The minimum absolute atomic E-state index is 0.0670. The third kappa shape index (κ3) is 2.48. The Bertz CT molecular complexity index is 195. The Hall–Kier alpha value is -0.580. The topological polar surface area (TPSA) is 46.6 Å². The van der Waals surface area contributed by atoms with E-state index in [0.29, 0.717) is 13.0 Å². The highest BCUT2D eigenvalue weighted by Gasteiger charge is 2.20. The van der Waals surface area contributed by atoms with Gasteiger partial charge in [-0.1, -0.05) is 15.9 Å². The number of halogens is 1. The van der Waals surface area contributed by atoms with E-state index in [9.17, 15) is 9.59 Å². The van der Waals surface area contributed by atoms with Gasteiger partial charge in [0.25, 0.3) is 0 Å². The first-order valence-corrected chi connectivity index (χ1v) is 4.85. The first kappa shape index (κ1) is 9.51. The smallest absolute Gasteiger partial charge is 0.318 e. The summed E-state index contributed by atoms with van der Waals surface area (Å²) in [5.74, 6) is -0.271. The maximum Gasteiger partial charge on any atom is 0.318 e. The van der Waals surface area contributed by atoms with Crippen molar-refractivity contribution in [2.75, 3.05) is 18.6 Å². The van der Waals surface area contributed by atoms with E-state index >= 15 is 0 Å². The van der Waals surface area contributed by atoms with Gasteiger partial charge >= 0.3 is 5.97 Å². The van der Waals surface area contributed by atoms with Gasteiger partial charge in [-0.05, 0) is 6.42 Å². The van der Waals surface area contributed by atoms with Crippen molar-refractivity contribution >= 4 is 27.8 Å². The Morgan fingerprint density at radius 3 is 2.92 bits per heavy atom. The van der Waals surface area contributed by atoms with Gasteiger partial charge in [-0.2, -0.15) is 0 Å². The molecule has 1 aliphatic rings. The number of alkyl halides is 1. The summed E-state index contributed by atoms with van der Waals surface area (Å²) >= 11 is 2.96. The summed E-state index contributed by atoms with van der Waals surface area (Å²) in [7, 11) is 0. The number of esters is 1. The summed E-state index contributed by atoms with van der Waals surface area (Å²) in [6, 6.07) is 0. The molecular formula is C7H10BrNO3. The van der Waals surface area contributed by atoms with Crippen molar-refractivity contribution in [2.45, 2.75) is 12.8 Å². The summed E-state index contributed by atoms with van der Waals surface area (Å²) in [6.07, 6.45) is 1.44. The maximum absolute atomic E-state index is 11.0. The number of hydrogen-bond acceptors (Lipinski definition) is 3. The zero-order chi connectivity index (χ0) is 8.97. The number of likely N-dealkylation sites (tertiary alicyclic amines) is 1. The Morgan fingerprint density at radius 1 is 1.67 bits per heavy atom. The first-order chi connectivity index (χ1) is 5.74. The number of rotatable bonds is 3. The van der Waals surface area contributed by atoms with Gasteiger partial charge in [-0.3, -0.25) is 9.59 Å². The lowest BCUT2D eigenvalue weighted by molar-refractivity contribution is -0.148. The Balaban J connectivity index is 2.22. The molecule has 0 atom stereocenters. The van der Waals surface area contributed by atoms with E-state index in [1.54, 1.807) is 4.90 Å². The van der Waals surface area contributed by atoms with Crippen molar-refractivity contribution in [3.05, 3.63) is 0 Å². The molecule has 4 nitrogen and oxygen atoms in total. The van der Waals surface area contributed by atoms with Crippen molar-refractivity contribution in [1.29, 1.82) is 0 Å². The molecule has 1 rings (SSSR count). The molecule has 0 unspecified atom stereocenters. The minimum Gasteiger partial charge on any atom is -0.444 e. The predicted octanol–water partition coefficient (Wildman–Crippen LogP) is 0.504. The Labute approximate surface area is 79.0 Å². The molecule has 1 saturated heterocycles. The molecule has 0 aromatic heterocycles. The van der Waals surface area contributed by atoms with Crippen LogP contribution in [0.15, 0.2) is 0 Å². The van der Waals surface area contributed by atoms with Crippen molar-refractivity contribution in [3.8, 4) is 0 Å². The fourth-order valence-electron chi connectivity index (χ4n) is 1.03. The molecule has 68 valence electrons. The second-order valence-electron chi connectivity index (χ2n) is 2.54. The molecule has 0 radical (unpaired) electrons. The molecular weight excluding hydrogens is 226 g/mol. The van der Waals surface area contributed by atoms with Crippen LogP contribution in [0.4, 0.5) is 0 Å². The molecule has 0 spiro atoms. The molecule has 12 heavy (non-hydrogen) atoms. The normalized spacial score (nSPS) is 16.8. The van der Waals surface area contributed by atoms with Crippen LogP contribution in [-0.2, 0) is 14.3 Å². The number of carbonyl (C=O) groups excluding carboxylic acids is 2. The van der Waals surface area contributed by atoms with Gasteiger partial charge in [0.15, 0.2) is 6.73 Å². The maximum atomic E-state index is 11.0. The van der Waals surface area contributed by atoms with Crippen LogP contribution in [0.5, 0.6) is 0 Å². The van der Waals surface area contributed by atoms with Crippen molar-refractivity contribution in [3.63, 3.8) is 0 Å². The number of ether oxygens (including phenoxy) is 1. The minimum atomic E-state index is -0.338. The molecule has 1 aliphatic heterocycles. The molecule has 1 amide bonds. The van der Waals surface area contributed by atoms with E-state index in [1.165, 1.54) is 0 Å². The Morgan fingerprint density at radius 2 is 2.42 bits per heavy atom. The molecule has 0 N–H and O–H groups in total. The summed E-state index contributed by atoms with van der Waals surface area (Å²) < 4.78 is 4.76. The van der Waals surface area contributed by atoms with E-state index in [4.69, 9.17) is 4.74 Å². The van der Waals surface area contributed by atoms with Gasteiger partial charge in [0.2, 0.25) is 5.91 Å². The van der Waals surface area contributed by atoms with Crippen LogP contribution < -0.4 is 0 Å². The predicted molar refractivity (Wildman–Crippen MR) is 45.7 cm³/mol. The summed E-state index contributed by atoms with van der Waals surface area (Å²) in [4.78, 5) is 23.2. The molecule has 1 heterocycles. The van der Waals surface area contributed by atoms with Crippen LogP contribution in [0.2, 0.25) is 0 Å². The van der Waals surface area contributed by atoms with E-state index in [1.807, 2.05) is 0 Å². The van der Waals surface area contributed by atoms with Crippen LogP contribution >= 0.6 is 15.9 Å². The van der Waals surface area contributed by atoms with Gasteiger partial charge in [0.1, 0.15) is 5.33 Å². The largest absolute Gasteiger partial charge is 0.444 e. The number of carbonyl (C=O) groups is 2. The third-order valence-electron chi connectivity index (χ3n) is 1.66. The lowest BCUT2D eigenvalue weighted by Crippen LogP contribution is -2.29. The van der Waals surface area contributed by atoms with Gasteiger partial charge in [-0.15, -0.1) is 0 Å². The first-order valence-electron chi connectivity index (χ1n) is 3.73. The molecule has 5 heteroatoms. The van der Waals surface area contributed by atoms with Gasteiger partial charge in [0, 0.05) is 13.0 Å². The van der Waals surface area contributed by atoms with Crippen LogP contribution in [0.3, 0.4) is 0 Å². The number of nitrogens with zero attached hydrogens (tertiary/aromatic N) is 1. The monoisotopic (exact) mass is 235 g/mol. The SMILES string of the molecule is O=C(CBr)OCN1CCCC1=O. The average molecular weight is 236 g/mol. The summed E-state index contributed by atoms with van der Waals surface area (Å²) in [5.41, 5.74) is 0. The fourth-order valence-corrected chi connectivity index (χ4v) is 1.19. The number of hydrogen-bond donors (Lipinski definition) is 0. The highest BCUT2D eigenvalue weighted by molar-refractivity contribution is 9.09. The molecule has 0 aromatic rings. The van der Waals surface area contributed by atoms with Crippen molar-refractivity contribution in [2.24, 2.45) is 0 Å². The summed E-state index contributed by atoms with van der Waals surface area (Å²) in [5, 5.41) is 0.176. The van der Waals surface area contributed by atoms with Crippen LogP contribution in [-0.4, -0.2) is 35.4 Å². The number of amides is 1. The van der Waals surface area contributed by atoms with Crippen LogP contribution in [0, 0.1) is 0 Å². The van der Waals surface area contributed by atoms with Gasteiger partial charge in [-0.25, -0.2) is 0 Å². The van der Waals surface area contributed by atoms with E-state index in [0.717, 1.165) is 6.42 Å². The van der Waals surface area contributed by atoms with Crippen molar-refractivity contribution < 1.29 is 14.3 Å². The summed E-state index contributed by atoms with van der Waals surface area (Å²) in [6.45, 7) is 0.803. The van der Waals surface area contributed by atoms with E-state index in [-0.39, 0.29) is 23.9 Å². The second-order valence-corrected chi connectivity index (χ2v) is 3.10. The zero-order valence-corrected chi connectivity index (χ0v) is 8.17. The van der Waals surface area contributed by atoms with Crippen LogP contribution in [0.1, 0.15) is 12.8 Å².